The van der Waals surface area contributed by atoms with Gasteiger partial charge < -0.3 is 9.64 Å². The zero-order valence-electron chi connectivity index (χ0n) is 11.4. The SMILES string of the molecule is COCCN(CC(C)C)C(=O)C1CCS(=O)(=O)C1. The Morgan fingerprint density at radius 1 is 1.44 bits per heavy atom. The second kappa shape index (κ2) is 6.52. The maximum absolute atomic E-state index is 12.3. The molecule has 18 heavy (non-hydrogen) atoms. The molecule has 0 spiro atoms. The van der Waals surface area contributed by atoms with Gasteiger partial charge in [-0.25, -0.2) is 8.42 Å². The molecule has 0 aliphatic carbocycles. The first-order valence-electron chi connectivity index (χ1n) is 6.34. The third-order valence-electron chi connectivity index (χ3n) is 3.04. The van der Waals surface area contributed by atoms with Gasteiger partial charge in [-0.1, -0.05) is 13.8 Å². The predicted molar refractivity (Wildman–Crippen MR) is 70.1 cm³/mol. The molecule has 0 saturated carbocycles. The van der Waals surface area contributed by atoms with Gasteiger partial charge in [0.25, 0.3) is 0 Å². The highest BCUT2D eigenvalue weighted by Crippen LogP contribution is 2.21. The standard InChI is InChI=1S/C12H23NO4S/c1-10(2)8-13(5-6-17-3)12(14)11-4-7-18(15,16)9-11/h10-11H,4-9H2,1-3H3. The summed E-state index contributed by atoms with van der Waals surface area (Å²) < 4.78 is 27.8. The number of methoxy groups -OCH3 is 1. The number of amides is 1. The molecule has 1 atom stereocenters. The molecule has 0 bridgehead atoms. The van der Waals surface area contributed by atoms with Crippen molar-refractivity contribution in [1.82, 2.24) is 4.90 Å². The minimum absolute atomic E-state index is 0.00735. The molecule has 1 aliphatic heterocycles. The Bertz CT molecular complexity index is 378. The van der Waals surface area contributed by atoms with Gasteiger partial charge in [-0.05, 0) is 12.3 Å². The third kappa shape index (κ3) is 4.57. The maximum atomic E-state index is 12.3. The number of rotatable bonds is 6. The van der Waals surface area contributed by atoms with Crippen LogP contribution in [0.4, 0.5) is 0 Å². The highest BCUT2D eigenvalue weighted by molar-refractivity contribution is 7.91. The highest BCUT2D eigenvalue weighted by atomic mass is 32.2. The Kier molecular flexibility index (Phi) is 5.59. The van der Waals surface area contributed by atoms with E-state index in [0.29, 0.717) is 32.0 Å². The van der Waals surface area contributed by atoms with Gasteiger partial charge >= 0.3 is 0 Å². The summed E-state index contributed by atoms with van der Waals surface area (Å²) in [6, 6.07) is 0. The summed E-state index contributed by atoms with van der Waals surface area (Å²) in [6.07, 6.45) is 0.461. The van der Waals surface area contributed by atoms with E-state index in [0.717, 1.165) is 0 Å². The molecule has 1 fully saturated rings. The summed E-state index contributed by atoms with van der Waals surface area (Å²) in [6.45, 7) is 5.75. The molecule has 1 unspecified atom stereocenters. The van der Waals surface area contributed by atoms with Crippen LogP contribution in [0.2, 0.25) is 0 Å². The van der Waals surface area contributed by atoms with Gasteiger partial charge in [-0.15, -0.1) is 0 Å². The van der Waals surface area contributed by atoms with Gasteiger partial charge in [-0.3, -0.25) is 4.79 Å². The van der Waals surface area contributed by atoms with Crippen LogP contribution in [-0.4, -0.2) is 57.5 Å². The van der Waals surface area contributed by atoms with E-state index in [1.807, 2.05) is 13.8 Å². The van der Waals surface area contributed by atoms with Crippen LogP contribution in [-0.2, 0) is 19.4 Å². The molecule has 0 radical (unpaired) electrons. The second-order valence-corrected chi connectivity index (χ2v) is 7.50. The van der Waals surface area contributed by atoms with Crippen molar-refractivity contribution in [3.05, 3.63) is 0 Å². The fourth-order valence-corrected chi connectivity index (χ4v) is 3.91. The lowest BCUT2D eigenvalue weighted by molar-refractivity contribution is -0.135. The van der Waals surface area contributed by atoms with E-state index in [9.17, 15) is 13.2 Å². The summed E-state index contributed by atoms with van der Waals surface area (Å²) >= 11 is 0. The number of nitrogens with zero attached hydrogens (tertiary/aromatic N) is 1. The lowest BCUT2D eigenvalue weighted by Crippen LogP contribution is -2.41. The minimum Gasteiger partial charge on any atom is -0.383 e. The lowest BCUT2D eigenvalue weighted by Gasteiger charge is -2.26. The van der Waals surface area contributed by atoms with Crippen molar-refractivity contribution < 1.29 is 17.9 Å². The normalized spacial score (nSPS) is 22.3. The molecule has 0 aromatic carbocycles. The second-order valence-electron chi connectivity index (χ2n) is 5.27. The molecule has 106 valence electrons. The van der Waals surface area contributed by atoms with Crippen LogP contribution in [0, 0.1) is 11.8 Å². The van der Waals surface area contributed by atoms with E-state index in [1.54, 1.807) is 12.0 Å². The third-order valence-corrected chi connectivity index (χ3v) is 4.81. The number of carbonyl (C=O) groups is 1. The van der Waals surface area contributed by atoms with Crippen LogP contribution >= 0.6 is 0 Å². The summed E-state index contributed by atoms with van der Waals surface area (Å²) in [5.41, 5.74) is 0. The summed E-state index contributed by atoms with van der Waals surface area (Å²) in [4.78, 5) is 14.0. The largest absolute Gasteiger partial charge is 0.383 e. The zero-order chi connectivity index (χ0) is 13.8. The molecular weight excluding hydrogens is 254 g/mol. The van der Waals surface area contributed by atoms with Crippen LogP contribution in [0.25, 0.3) is 0 Å². The summed E-state index contributed by atoms with van der Waals surface area (Å²) in [5.74, 6) is 0.118. The van der Waals surface area contributed by atoms with Crippen molar-refractivity contribution in [2.75, 3.05) is 38.3 Å². The Morgan fingerprint density at radius 2 is 2.11 bits per heavy atom. The van der Waals surface area contributed by atoms with E-state index in [1.165, 1.54) is 0 Å². The van der Waals surface area contributed by atoms with Gasteiger partial charge in [0.15, 0.2) is 9.84 Å². The minimum atomic E-state index is -3.00. The zero-order valence-corrected chi connectivity index (χ0v) is 12.2. The number of sulfone groups is 1. The first kappa shape index (κ1) is 15.4. The number of ether oxygens (including phenoxy) is 1. The highest BCUT2D eigenvalue weighted by Gasteiger charge is 2.35. The van der Waals surface area contributed by atoms with Crippen molar-refractivity contribution in [3.8, 4) is 0 Å². The maximum Gasteiger partial charge on any atom is 0.226 e. The monoisotopic (exact) mass is 277 g/mol. The molecule has 1 aliphatic rings. The summed E-state index contributed by atoms with van der Waals surface area (Å²) in [7, 11) is -1.41. The van der Waals surface area contributed by atoms with E-state index in [2.05, 4.69) is 0 Å². The molecule has 0 aromatic rings. The van der Waals surface area contributed by atoms with Gasteiger partial charge in [0.2, 0.25) is 5.91 Å². The van der Waals surface area contributed by atoms with Gasteiger partial charge in [0.1, 0.15) is 0 Å². The molecule has 0 N–H and O–H groups in total. The van der Waals surface area contributed by atoms with Crippen molar-refractivity contribution in [1.29, 1.82) is 0 Å². The molecule has 1 heterocycles. The van der Waals surface area contributed by atoms with E-state index >= 15 is 0 Å². The quantitative estimate of drug-likeness (QED) is 0.711. The van der Waals surface area contributed by atoms with Gasteiger partial charge in [0.05, 0.1) is 24.0 Å². The number of carbonyl (C=O) groups excluding carboxylic acids is 1. The van der Waals surface area contributed by atoms with E-state index in [-0.39, 0.29) is 23.3 Å². The summed E-state index contributed by atoms with van der Waals surface area (Å²) in [5, 5.41) is 0. The first-order chi connectivity index (χ1) is 8.35. The molecule has 0 aromatic heterocycles. The van der Waals surface area contributed by atoms with E-state index < -0.39 is 9.84 Å². The van der Waals surface area contributed by atoms with Crippen LogP contribution < -0.4 is 0 Å². The fraction of sp³-hybridized carbons (Fsp3) is 0.917. The van der Waals surface area contributed by atoms with Crippen LogP contribution in [0.5, 0.6) is 0 Å². The predicted octanol–water partition coefficient (Wildman–Crippen LogP) is 0.552. The van der Waals surface area contributed by atoms with Crippen LogP contribution in [0.1, 0.15) is 20.3 Å². The Morgan fingerprint density at radius 3 is 2.56 bits per heavy atom. The smallest absolute Gasteiger partial charge is 0.226 e. The van der Waals surface area contributed by atoms with Crippen LogP contribution in [0.3, 0.4) is 0 Å². The number of hydrogen-bond acceptors (Lipinski definition) is 4. The lowest BCUT2D eigenvalue weighted by atomic mass is 10.1. The Labute approximate surface area is 109 Å². The average Bonchev–Trinajstić information content (AvgIpc) is 2.63. The van der Waals surface area contributed by atoms with Crippen molar-refractivity contribution in [2.24, 2.45) is 11.8 Å². The average molecular weight is 277 g/mol. The van der Waals surface area contributed by atoms with Crippen molar-refractivity contribution in [3.63, 3.8) is 0 Å². The Balaban J connectivity index is 2.64. The fourth-order valence-electron chi connectivity index (χ4n) is 2.18. The van der Waals surface area contributed by atoms with Gasteiger partial charge in [0, 0.05) is 20.2 Å². The van der Waals surface area contributed by atoms with Crippen molar-refractivity contribution >= 4 is 15.7 Å². The molecular formula is C12H23NO4S. The van der Waals surface area contributed by atoms with Gasteiger partial charge in [-0.2, -0.15) is 0 Å². The Hall–Kier alpha value is -0.620. The van der Waals surface area contributed by atoms with Crippen LogP contribution in [0.15, 0.2) is 0 Å². The molecule has 6 heteroatoms. The molecule has 1 rings (SSSR count). The molecule has 1 saturated heterocycles. The van der Waals surface area contributed by atoms with Crippen molar-refractivity contribution in [2.45, 2.75) is 20.3 Å². The first-order valence-corrected chi connectivity index (χ1v) is 8.16. The molecule has 5 nitrogen and oxygen atoms in total. The van der Waals surface area contributed by atoms with E-state index in [4.69, 9.17) is 4.74 Å². The number of hydrogen-bond donors (Lipinski definition) is 0. The molecule has 1 amide bonds. The topological polar surface area (TPSA) is 63.7 Å².